The first-order valence-electron chi connectivity index (χ1n) is 6.27. The van der Waals surface area contributed by atoms with E-state index in [-0.39, 0.29) is 11.4 Å². The van der Waals surface area contributed by atoms with E-state index in [2.05, 4.69) is 16.9 Å². The number of hydrogen-bond donors (Lipinski definition) is 2. The van der Waals surface area contributed by atoms with Crippen LogP contribution < -0.4 is 5.69 Å². The highest BCUT2D eigenvalue weighted by atomic mass is 16.3. The zero-order valence-corrected chi connectivity index (χ0v) is 10.4. The van der Waals surface area contributed by atoms with Gasteiger partial charge in [0.25, 0.3) is 0 Å². The smallest absolute Gasteiger partial charge is 0.326 e. The average Bonchev–Trinajstić information content (AvgIpc) is 2.87. The number of rotatable bonds is 2. The van der Waals surface area contributed by atoms with Crippen LogP contribution in [-0.2, 0) is 6.54 Å². The Morgan fingerprint density at radius 2 is 2.33 bits per heavy atom. The molecule has 0 aliphatic carbocycles. The molecule has 1 atom stereocenters. The summed E-state index contributed by atoms with van der Waals surface area (Å²) in [6.45, 7) is 1.77. The van der Waals surface area contributed by atoms with Crippen molar-refractivity contribution in [3.05, 3.63) is 28.7 Å². The monoisotopic (exact) mass is 247 g/mol. The molecule has 0 spiro atoms. The number of hydrogen-bond acceptors (Lipinski definition) is 3. The molecule has 1 fully saturated rings. The molecule has 0 bridgehead atoms. The number of aromatic hydroxyl groups is 1. The summed E-state index contributed by atoms with van der Waals surface area (Å²) in [5.74, 6) is 0.128. The SMILES string of the molecule is CN1CCCC1Cn1c(=O)[nH]c2c(O)cccc21. The first kappa shape index (κ1) is 11.3. The van der Waals surface area contributed by atoms with Crippen LogP contribution in [0.3, 0.4) is 0 Å². The van der Waals surface area contributed by atoms with Gasteiger partial charge in [0.15, 0.2) is 0 Å². The summed E-state index contributed by atoms with van der Waals surface area (Å²) < 4.78 is 1.72. The average molecular weight is 247 g/mol. The maximum absolute atomic E-state index is 12.0. The molecule has 3 rings (SSSR count). The van der Waals surface area contributed by atoms with E-state index < -0.39 is 0 Å². The van der Waals surface area contributed by atoms with Crippen LogP contribution in [0.15, 0.2) is 23.0 Å². The number of para-hydroxylation sites is 1. The van der Waals surface area contributed by atoms with Crippen molar-refractivity contribution in [2.75, 3.05) is 13.6 Å². The number of likely N-dealkylation sites (N-methyl/N-ethyl adjacent to an activating group) is 1. The van der Waals surface area contributed by atoms with Gasteiger partial charge in [0, 0.05) is 12.6 Å². The molecule has 5 heteroatoms. The van der Waals surface area contributed by atoms with Crippen molar-refractivity contribution < 1.29 is 5.11 Å². The van der Waals surface area contributed by atoms with Gasteiger partial charge in [0.1, 0.15) is 11.3 Å². The molecule has 2 aromatic rings. The van der Waals surface area contributed by atoms with E-state index in [4.69, 9.17) is 0 Å². The van der Waals surface area contributed by atoms with E-state index in [9.17, 15) is 9.90 Å². The van der Waals surface area contributed by atoms with Gasteiger partial charge in [-0.05, 0) is 38.6 Å². The summed E-state index contributed by atoms with van der Waals surface area (Å²) in [5, 5.41) is 9.73. The fourth-order valence-corrected chi connectivity index (χ4v) is 2.77. The Balaban J connectivity index is 2.04. The van der Waals surface area contributed by atoms with Crippen molar-refractivity contribution in [3.63, 3.8) is 0 Å². The van der Waals surface area contributed by atoms with Gasteiger partial charge < -0.3 is 15.0 Å². The summed E-state index contributed by atoms with van der Waals surface area (Å²) in [7, 11) is 2.09. The third kappa shape index (κ3) is 1.71. The first-order chi connectivity index (χ1) is 8.66. The van der Waals surface area contributed by atoms with E-state index in [0.29, 0.717) is 18.1 Å². The van der Waals surface area contributed by atoms with Crippen molar-refractivity contribution in [2.24, 2.45) is 0 Å². The lowest BCUT2D eigenvalue weighted by Gasteiger charge is -2.19. The minimum Gasteiger partial charge on any atom is -0.506 e. The van der Waals surface area contributed by atoms with Crippen molar-refractivity contribution in [1.82, 2.24) is 14.5 Å². The second kappa shape index (κ2) is 4.17. The predicted molar refractivity (Wildman–Crippen MR) is 69.9 cm³/mol. The fraction of sp³-hybridized carbons (Fsp3) is 0.462. The molecule has 0 saturated carbocycles. The number of nitrogens with zero attached hydrogens (tertiary/aromatic N) is 2. The summed E-state index contributed by atoms with van der Waals surface area (Å²) in [6.07, 6.45) is 2.30. The highest BCUT2D eigenvalue weighted by molar-refractivity contribution is 5.81. The Bertz CT molecular complexity index is 629. The molecule has 0 amide bonds. The first-order valence-corrected chi connectivity index (χ1v) is 6.27. The van der Waals surface area contributed by atoms with Gasteiger partial charge in [-0.2, -0.15) is 0 Å². The van der Waals surface area contributed by atoms with E-state index in [0.717, 1.165) is 18.5 Å². The second-order valence-corrected chi connectivity index (χ2v) is 4.99. The number of aromatic nitrogens is 2. The maximum Gasteiger partial charge on any atom is 0.326 e. The zero-order valence-electron chi connectivity index (χ0n) is 10.4. The number of likely N-dealkylation sites (tertiary alicyclic amines) is 1. The Morgan fingerprint density at radius 1 is 1.50 bits per heavy atom. The highest BCUT2D eigenvalue weighted by Crippen LogP contribution is 2.23. The molecule has 18 heavy (non-hydrogen) atoms. The number of fused-ring (bicyclic) bond motifs is 1. The maximum atomic E-state index is 12.0. The third-order valence-electron chi connectivity index (χ3n) is 3.85. The Labute approximate surface area is 105 Å². The van der Waals surface area contributed by atoms with Crippen LogP contribution >= 0.6 is 0 Å². The minimum absolute atomic E-state index is 0.128. The second-order valence-electron chi connectivity index (χ2n) is 4.99. The summed E-state index contributed by atoms with van der Waals surface area (Å²) in [6, 6.07) is 5.62. The van der Waals surface area contributed by atoms with Crippen molar-refractivity contribution in [1.29, 1.82) is 0 Å². The van der Waals surface area contributed by atoms with Gasteiger partial charge in [0.2, 0.25) is 0 Å². The van der Waals surface area contributed by atoms with Gasteiger partial charge in [-0.1, -0.05) is 6.07 Å². The molecule has 1 unspecified atom stereocenters. The van der Waals surface area contributed by atoms with Crippen molar-refractivity contribution >= 4 is 11.0 Å². The predicted octanol–water partition coefficient (Wildman–Crippen LogP) is 1.13. The molecule has 1 aliphatic rings. The van der Waals surface area contributed by atoms with Crippen LogP contribution in [0.2, 0.25) is 0 Å². The van der Waals surface area contributed by atoms with E-state index in [1.54, 1.807) is 16.7 Å². The number of H-pyrrole nitrogens is 1. The molecule has 1 aliphatic heterocycles. The van der Waals surface area contributed by atoms with Crippen LogP contribution in [0.4, 0.5) is 0 Å². The number of phenols is 1. The number of nitrogens with one attached hydrogen (secondary N) is 1. The van der Waals surface area contributed by atoms with Crippen LogP contribution in [-0.4, -0.2) is 39.2 Å². The van der Waals surface area contributed by atoms with Crippen LogP contribution in [0.5, 0.6) is 5.75 Å². The van der Waals surface area contributed by atoms with Gasteiger partial charge in [-0.25, -0.2) is 4.79 Å². The Morgan fingerprint density at radius 3 is 3.06 bits per heavy atom. The molecule has 1 saturated heterocycles. The highest BCUT2D eigenvalue weighted by Gasteiger charge is 2.22. The molecular weight excluding hydrogens is 230 g/mol. The number of phenolic OH excluding ortho intramolecular Hbond substituents is 1. The van der Waals surface area contributed by atoms with E-state index >= 15 is 0 Å². The van der Waals surface area contributed by atoms with Crippen LogP contribution in [0, 0.1) is 0 Å². The van der Waals surface area contributed by atoms with Crippen molar-refractivity contribution in [2.45, 2.75) is 25.4 Å². The van der Waals surface area contributed by atoms with Crippen LogP contribution in [0.25, 0.3) is 11.0 Å². The fourth-order valence-electron chi connectivity index (χ4n) is 2.77. The molecule has 5 nitrogen and oxygen atoms in total. The van der Waals surface area contributed by atoms with Gasteiger partial charge in [0.05, 0.1) is 5.52 Å². The third-order valence-corrected chi connectivity index (χ3v) is 3.85. The Hall–Kier alpha value is -1.75. The lowest BCUT2D eigenvalue weighted by molar-refractivity contribution is 0.282. The molecule has 1 aromatic heterocycles. The Kier molecular flexibility index (Phi) is 2.63. The topological polar surface area (TPSA) is 61.3 Å². The molecule has 2 heterocycles. The van der Waals surface area contributed by atoms with Gasteiger partial charge in [-0.3, -0.25) is 4.57 Å². The van der Waals surface area contributed by atoms with E-state index in [1.807, 2.05) is 6.07 Å². The molecular formula is C13H17N3O2. The number of imidazole rings is 1. The quantitative estimate of drug-likeness (QED) is 0.836. The largest absolute Gasteiger partial charge is 0.506 e. The minimum atomic E-state index is -0.146. The van der Waals surface area contributed by atoms with Crippen LogP contribution in [0.1, 0.15) is 12.8 Å². The lowest BCUT2D eigenvalue weighted by atomic mass is 10.2. The van der Waals surface area contributed by atoms with Gasteiger partial charge >= 0.3 is 5.69 Å². The molecule has 0 radical (unpaired) electrons. The number of benzene rings is 1. The summed E-state index contributed by atoms with van der Waals surface area (Å²) in [5.41, 5.74) is 1.16. The zero-order chi connectivity index (χ0) is 12.7. The van der Waals surface area contributed by atoms with Gasteiger partial charge in [-0.15, -0.1) is 0 Å². The molecule has 96 valence electrons. The summed E-state index contributed by atoms with van der Waals surface area (Å²) >= 11 is 0. The standard InChI is InChI=1S/C13H17N3O2/c1-15-7-3-4-9(15)8-16-10-5-2-6-11(17)12(10)14-13(16)18/h2,5-6,9,17H,3-4,7-8H2,1H3,(H,14,18). The lowest BCUT2D eigenvalue weighted by Crippen LogP contribution is -2.32. The molecule has 2 N–H and O–H groups in total. The number of aromatic amines is 1. The van der Waals surface area contributed by atoms with E-state index in [1.165, 1.54) is 6.42 Å². The normalized spacial score (nSPS) is 20.8. The van der Waals surface area contributed by atoms with Crippen molar-refractivity contribution in [3.8, 4) is 5.75 Å². The summed E-state index contributed by atoms with van der Waals surface area (Å²) in [4.78, 5) is 17.0. The molecule has 1 aromatic carbocycles.